The average Bonchev–Trinajstić information content (AvgIpc) is 2.67. The van der Waals surface area contributed by atoms with Gasteiger partial charge in [0.1, 0.15) is 0 Å². The smallest absolute Gasteiger partial charge is 0.307 e. The van der Waals surface area contributed by atoms with Crippen LogP contribution in [0.3, 0.4) is 0 Å². The molecule has 1 aliphatic heterocycles. The van der Waals surface area contributed by atoms with Crippen LogP contribution < -0.4 is 10.6 Å². The molecule has 140 valence electrons. The number of hydrogen-bond donors (Lipinski definition) is 2. The molecular formula is C20H20N2O4S. The summed E-state index contributed by atoms with van der Waals surface area (Å²) in [4.78, 5) is 37.0. The molecular weight excluding hydrogens is 364 g/mol. The lowest BCUT2D eigenvalue weighted by Gasteiger charge is -2.23. The molecule has 1 atom stereocenters. The minimum Gasteiger partial charge on any atom is -0.456 e. The number of amides is 2. The summed E-state index contributed by atoms with van der Waals surface area (Å²) in [6, 6.07) is 14.9. The van der Waals surface area contributed by atoms with Crippen molar-refractivity contribution in [3.05, 3.63) is 54.1 Å². The Morgan fingerprint density at radius 2 is 2.00 bits per heavy atom. The molecule has 0 saturated heterocycles. The minimum atomic E-state index is -0.584. The molecule has 1 aliphatic rings. The number of nitrogens with one attached hydrogen (secondary N) is 2. The summed E-state index contributed by atoms with van der Waals surface area (Å²) in [6.07, 6.45) is 0.770. The number of para-hydroxylation sites is 1. The molecule has 0 unspecified atom stereocenters. The molecule has 6 nitrogen and oxygen atoms in total. The molecule has 0 fully saturated rings. The minimum absolute atomic E-state index is 0.0938. The lowest BCUT2D eigenvalue weighted by atomic mass is 10.1. The van der Waals surface area contributed by atoms with Gasteiger partial charge in [0.25, 0.3) is 5.91 Å². The standard InChI is InChI=1S/C20H20N2O4S/c1-2-13-6-5-7-14(10-13)21-18(23)12-26-19(24)11-17-20(25)22-15-8-3-4-9-16(15)27-17/h3-10,17H,2,11-12H2,1H3,(H,21,23)(H,22,25)/t17-/m1/s1. The van der Waals surface area contributed by atoms with Gasteiger partial charge in [-0.25, -0.2) is 0 Å². The first-order valence-corrected chi connectivity index (χ1v) is 9.54. The lowest BCUT2D eigenvalue weighted by molar-refractivity contribution is -0.147. The molecule has 0 saturated carbocycles. The highest BCUT2D eigenvalue weighted by atomic mass is 32.2. The maximum Gasteiger partial charge on any atom is 0.307 e. The molecule has 0 aliphatic carbocycles. The molecule has 2 aromatic rings. The van der Waals surface area contributed by atoms with Gasteiger partial charge >= 0.3 is 5.97 Å². The molecule has 27 heavy (non-hydrogen) atoms. The number of anilines is 2. The van der Waals surface area contributed by atoms with Crippen molar-refractivity contribution in [3.8, 4) is 0 Å². The van der Waals surface area contributed by atoms with Crippen molar-refractivity contribution in [1.29, 1.82) is 0 Å². The zero-order valence-corrected chi connectivity index (χ0v) is 15.7. The summed E-state index contributed by atoms with van der Waals surface area (Å²) in [5.74, 6) is -1.24. The van der Waals surface area contributed by atoms with Gasteiger partial charge < -0.3 is 15.4 Å². The third-order valence-corrected chi connectivity index (χ3v) is 5.32. The van der Waals surface area contributed by atoms with E-state index in [0.717, 1.165) is 22.6 Å². The van der Waals surface area contributed by atoms with Crippen molar-refractivity contribution in [1.82, 2.24) is 0 Å². The number of aryl methyl sites for hydroxylation is 1. The fourth-order valence-corrected chi connectivity index (χ4v) is 3.74. The first-order valence-electron chi connectivity index (χ1n) is 8.66. The number of rotatable bonds is 6. The average molecular weight is 384 g/mol. The highest BCUT2D eigenvalue weighted by molar-refractivity contribution is 8.01. The molecule has 0 aromatic heterocycles. The maximum atomic E-state index is 12.1. The van der Waals surface area contributed by atoms with Gasteiger partial charge in [0.15, 0.2) is 6.61 Å². The highest BCUT2D eigenvalue weighted by Gasteiger charge is 2.29. The van der Waals surface area contributed by atoms with Crippen LogP contribution in [0.5, 0.6) is 0 Å². The Balaban J connectivity index is 1.48. The number of carbonyl (C=O) groups is 3. The van der Waals surface area contributed by atoms with E-state index >= 15 is 0 Å². The topological polar surface area (TPSA) is 84.5 Å². The van der Waals surface area contributed by atoms with Crippen LogP contribution in [0, 0.1) is 0 Å². The summed E-state index contributed by atoms with van der Waals surface area (Å²) in [6.45, 7) is 1.64. The van der Waals surface area contributed by atoms with Gasteiger partial charge in [-0.1, -0.05) is 31.2 Å². The normalized spacial score (nSPS) is 15.4. The quantitative estimate of drug-likeness (QED) is 0.747. The van der Waals surface area contributed by atoms with Gasteiger partial charge in [-0.3, -0.25) is 14.4 Å². The second-order valence-corrected chi connectivity index (χ2v) is 7.30. The Kier molecular flexibility index (Phi) is 6.13. The van der Waals surface area contributed by atoms with Crippen LogP contribution in [0.2, 0.25) is 0 Å². The summed E-state index contributed by atoms with van der Waals surface area (Å²) in [5, 5.41) is 4.90. The van der Waals surface area contributed by atoms with Crippen molar-refractivity contribution < 1.29 is 19.1 Å². The maximum absolute atomic E-state index is 12.1. The fourth-order valence-electron chi connectivity index (χ4n) is 2.65. The van der Waals surface area contributed by atoms with Crippen LogP contribution in [0.1, 0.15) is 18.9 Å². The molecule has 2 aromatic carbocycles. The van der Waals surface area contributed by atoms with E-state index in [9.17, 15) is 14.4 Å². The van der Waals surface area contributed by atoms with E-state index in [1.807, 2.05) is 49.4 Å². The largest absolute Gasteiger partial charge is 0.456 e. The molecule has 0 radical (unpaired) electrons. The lowest BCUT2D eigenvalue weighted by Crippen LogP contribution is -2.32. The van der Waals surface area contributed by atoms with Gasteiger partial charge in [-0.2, -0.15) is 0 Å². The summed E-state index contributed by atoms with van der Waals surface area (Å²) >= 11 is 1.32. The van der Waals surface area contributed by atoms with Gasteiger partial charge in [-0.15, -0.1) is 11.8 Å². The van der Waals surface area contributed by atoms with E-state index in [2.05, 4.69) is 10.6 Å². The van der Waals surface area contributed by atoms with Crippen molar-refractivity contribution in [3.63, 3.8) is 0 Å². The van der Waals surface area contributed by atoms with Gasteiger partial charge in [0.2, 0.25) is 5.91 Å². The number of hydrogen-bond acceptors (Lipinski definition) is 5. The molecule has 7 heteroatoms. The van der Waals surface area contributed by atoms with E-state index in [0.29, 0.717) is 5.69 Å². The van der Waals surface area contributed by atoms with Crippen molar-refractivity contribution >= 4 is 40.9 Å². The number of carbonyl (C=O) groups excluding carboxylic acids is 3. The van der Waals surface area contributed by atoms with Gasteiger partial charge in [-0.05, 0) is 36.2 Å². The molecule has 0 spiro atoms. The fraction of sp³-hybridized carbons (Fsp3) is 0.250. The number of esters is 1. The monoisotopic (exact) mass is 384 g/mol. The molecule has 0 bridgehead atoms. The first kappa shape index (κ1) is 19.0. The second kappa shape index (κ2) is 8.73. The van der Waals surface area contributed by atoms with Crippen LogP contribution in [-0.4, -0.2) is 29.6 Å². The number of benzene rings is 2. The first-order chi connectivity index (χ1) is 13.0. The Labute approximate surface area is 161 Å². The van der Waals surface area contributed by atoms with Crippen LogP contribution in [0.4, 0.5) is 11.4 Å². The molecule has 1 heterocycles. The SMILES string of the molecule is CCc1cccc(NC(=O)COC(=O)C[C@H]2Sc3ccccc3NC2=O)c1. The Bertz CT molecular complexity index is 869. The van der Waals surface area contributed by atoms with Crippen molar-refractivity contribution in [2.45, 2.75) is 29.9 Å². The summed E-state index contributed by atoms with van der Waals surface area (Å²) in [5.41, 5.74) is 2.51. The Morgan fingerprint density at radius 1 is 1.19 bits per heavy atom. The third kappa shape index (κ3) is 5.10. The zero-order valence-electron chi connectivity index (χ0n) is 14.9. The van der Waals surface area contributed by atoms with Crippen molar-refractivity contribution in [2.75, 3.05) is 17.2 Å². The predicted octanol–water partition coefficient (Wildman–Crippen LogP) is 3.23. The van der Waals surface area contributed by atoms with E-state index in [1.165, 1.54) is 11.8 Å². The van der Waals surface area contributed by atoms with E-state index in [1.54, 1.807) is 6.07 Å². The highest BCUT2D eigenvalue weighted by Crippen LogP contribution is 2.36. The molecule has 2 N–H and O–H groups in total. The van der Waals surface area contributed by atoms with Crippen LogP contribution in [0.25, 0.3) is 0 Å². The van der Waals surface area contributed by atoms with Gasteiger partial charge in [0.05, 0.1) is 17.4 Å². The zero-order chi connectivity index (χ0) is 19.2. The summed E-state index contributed by atoms with van der Waals surface area (Å²) < 4.78 is 5.03. The van der Waals surface area contributed by atoms with Crippen LogP contribution >= 0.6 is 11.8 Å². The van der Waals surface area contributed by atoms with Crippen LogP contribution in [-0.2, 0) is 25.5 Å². The molecule has 2 amide bonds. The van der Waals surface area contributed by atoms with E-state index < -0.39 is 17.1 Å². The Morgan fingerprint density at radius 3 is 2.81 bits per heavy atom. The predicted molar refractivity (Wildman–Crippen MR) is 105 cm³/mol. The third-order valence-electron chi connectivity index (χ3n) is 4.04. The van der Waals surface area contributed by atoms with E-state index in [4.69, 9.17) is 4.74 Å². The number of thioether (sulfide) groups is 1. The molecule has 3 rings (SSSR count). The Hall–Kier alpha value is -2.80. The second-order valence-electron chi connectivity index (χ2n) is 6.06. The van der Waals surface area contributed by atoms with Crippen molar-refractivity contribution in [2.24, 2.45) is 0 Å². The number of ether oxygens (including phenoxy) is 1. The number of fused-ring (bicyclic) bond motifs is 1. The summed E-state index contributed by atoms with van der Waals surface area (Å²) in [7, 11) is 0. The van der Waals surface area contributed by atoms with Crippen LogP contribution in [0.15, 0.2) is 53.4 Å². The van der Waals surface area contributed by atoms with Gasteiger partial charge in [0, 0.05) is 10.6 Å². The van der Waals surface area contributed by atoms with E-state index in [-0.39, 0.29) is 18.9 Å².